The predicted molar refractivity (Wildman–Crippen MR) is 65.3 cm³/mol. The van der Waals surface area contributed by atoms with Gasteiger partial charge in [-0.25, -0.2) is 9.89 Å². The lowest BCUT2D eigenvalue weighted by atomic mass is 10.2. The normalized spacial score (nSPS) is 10.2. The van der Waals surface area contributed by atoms with Gasteiger partial charge in [-0.1, -0.05) is 22.4 Å². The number of aromatic amines is 1. The molecular formula is C12H13N3O4. The van der Waals surface area contributed by atoms with Crippen LogP contribution in [0.5, 0.6) is 11.6 Å². The minimum atomic E-state index is -1.16. The van der Waals surface area contributed by atoms with E-state index in [0.29, 0.717) is 6.61 Å². The van der Waals surface area contributed by atoms with Crippen molar-refractivity contribution in [2.45, 2.75) is 13.5 Å². The van der Waals surface area contributed by atoms with E-state index in [-0.39, 0.29) is 18.2 Å². The average Bonchev–Trinajstić information content (AvgIpc) is 2.87. The zero-order valence-corrected chi connectivity index (χ0v) is 10.3. The Morgan fingerprint density at radius 2 is 2.05 bits per heavy atom. The van der Waals surface area contributed by atoms with Crippen molar-refractivity contribution in [1.29, 1.82) is 0 Å². The van der Waals surface area contributed by atoms with Crippen molar-refractivity contribution >= 4 is 5.97 Å². The molecule has 2 rings (SSSR count). The number of aromatic carboxylic acids is 1. The predicted octanol–water partition coefficient (Wildman–Crippen LogP) is 1.48. The number of carbonyl (C=O) groups is 1. The maximum atomic E-state index is 10.8. The molecule has 0 radical (unpaired) electrons. The topological polar surface area (TPSA) is 97.3 Å². The molecule has 0 saturated heterocycles. The van der Waals surface area contributed by atoms with Crippen molar-refractivity contribution < 1.29 is 19.4 Å². The van der Waals surface area contributed by atoms with Crippen LogP contribution in [-0.2, 0) is 6.61 Å². The summed E-state index contributed by atoms with van der Waals surface area (Å²) in [5, 5.41) is 18.1. The summed E-state index contributed by atoms with van der Waals surface area (Å²) in [6, 6.07) is 7.32. The summed E-state index contributed by atoms with van der Waals surface area (Å²) in [5.74, 6) is -0.410. The lowest BCUT2D eigenvalue weighted by molar-refractivity contribution is 0.0685. The zero-order chi connectivity index (χ0) is 13.7. The molecule has 1 aromatic carbocycles. The number of ether oxygens (including phenoxy) is 2. The molecule has 7 heteroatoms. The maximum absolute atomic E-state index is 10.8. The Morgan fingerprint density at radius 3 is 2.68 bits per heavy atom. The van der Waals surface area contributed by atoms with Crippen molar-refractivity contribution in [2.24, 2.45) is 0 Å². The monoisotopic (exact) mass is 263 g/mol. The fourth-order valence-electron chi connectivity index (χ4n) is 1.46. The summed E-state index contributed by atoms with van der Waals surface area (Å²) >= 11 is 0. The molecule has 0 spiro atoms. The first-order valence-electron chi connectivity index (χ1n) is 5.69. The molecule has 1 heterocycles. The van der Waals surface area contributed by atoms with E-state index in [4.69, 9.17) is 14.6 Å². The standard InChI is InChI=1S/C12H13N3O4/c1-2-18-9-5-3-8(4-6-9)7-19-11-10(12(16)17)13-15-14-11/h3-6H,2,7H2,1H3,(H,16,17)(H,13,14,15). The van der Waals surface area contributed by atoms with Gasteiger partial charge >= 0.3 is 5.97 Å². The van der Waals surface area contributed by atoms with Gasteiger partial charge in [-0.3, -0.25) is 0 Å². The smallest absolute Gasteiger partial charge is 0.359 e. The number of nitrogens with zero attached hydrogens (tertiary/aromatic N) is 2. The van der Waals surface area contributed by atoms with Crippen LogP contribution in [0.25, 0.3) is 0 Å². The van der Waals surface area contributed by atoms with Gasteiger partial charge in [0.2, 0.25) is 5.69 Å². The second-order valence-corrected chi connectivity index (χ2v) is 3.66. The van der Waals surface area contributed by atoms with Crippen LogP contribution < -0.4 is 9.47 Å². The molecule has 19 heavy (non-hydrogen) atoms. The molecule has 0 atom stereocenters. The highest BCUT2D eigenvalue weighted by atomic mass is 16.5. The van der Waals surface area contributed by atoms with E-state index in [2.05, 4.69) is 15.4 Å². The van der Waals surface area contributed by atoms with E-state index < -0.39 is 5.97 Å². The van der Waals surface area contributed by atoms with Gasteiger partial charge in [0.15, 0.2) is 0 Å². The van der Waals surface area contributed by atoms with Gasteiger partial charge in [0.1, 0.15) is 12.4 Å². The van der Waals surface area contributed by atoms with Gasteiger partial charge in [-0.05, 0) is 24.6 Å². The number of hydrogen-bond donors (Lipinski definition) is 2. The molecular weight excluding hydrogens is 250 g/mol. The van der Waals surface area contributed by atoms with Crippen LogP contribution in [-0.4, -0.2) is 33.1 Å². The highest BCUT2D eigenvalue weighted by Crippen LogP contribution is 2.16. The Kier molecular flexibility index (Phi) is 3.97. The molecule has 0 aliphatic carbocycles. The van der Waals surface area contributed by atoms with Gasteiger partial charge in [-0.15, -0.1) is 0 Å². The number of aromatic nitrogens is 3. The van der Waals surface area contributed by atoms with E-state index in [1.807, 2.05) is 31.2 Å². The van der Waals surface area contributed by atoms with Gasteiger partial charge in [0.05, 0.1) is 6.61 Å². The van der Waals surface area contributed by atoms with Crippen molar-refractivity contribution in [3.63, 3.8) is 0 Å². The van der Waals surface area contributed by atoms with E-state index >= 15 is 0 Å². The quantitative estimate of drug-likeness (QED) is 0.819. The van der Waals surface area contributed by atoms with Crippen LogP contribution in [0.3, 0.4) is 0 Å². The number of benzene rings is 1. The number of nitrogens with one attached hydrogen (secondary N) is 1. The van der Waals surface area contributed by atoms with Crippen LogP contribution >= 0.6 is 0 Å². The van der Waals surface area contributed by atoms with E-state index in [9.17, 15) is 4.79 Å². The first-order valence-corrected chi connectivity index (χ1v) is 5.69. The lowest BCUT2D eigenvalue weighted by Crippen LogP contribution is -2.03. The van der Waals surface area contributed by atoms with Crippen molar-refractivity contribution in [1.82, 2.24) is 15.4 Å². The Morgan fingerprint density at radius 1 is 1.32 bits per heavy atom. The Hall–Kier alpha value is -2.57. The first kappa shape index (κ1) is 12.9. The number of hydrogen-bond acceptors (Lipinski definition) is 5. The minimum Gasteiger partial charge on any atom is -0.494 e. The van der Waals surface area contributed by atoms with Gasteiger partial charge in [0, 0.05) is 0 Å². The summed E-state index contributed by atoms with van der Waals surface area (Å²) in [6.07, 6.45) is 0. The maximum Gasteiger partial charge on any atom is 0.359 e. The fourth-order valence-corrected chi connectivity index (χ4v) is 1.46. The third-order valence-electron chi connectivity index (χ3n) is 2.34. The van der Waals surface area contributed by atoms with Crippen molar-refractivity contribution in [3.8, 4) is 11.6 Å². The van der Waals surface area contributed by atoms with Crippen LogP contribution in [0.15, 0.2) is 24.3 Å². The minimum absolute atomic E-state index is 0.0265. The van der Waals surface area contributed by atoms with E-state index in [1.54, 1.807) is 0 Å². The zero-order valence-electron chi connectivity index (χ0n) is 10.3. The van der Waals surface area contributed by atoms with Crippen LogP contribution in [0.4, 0.5) is 0 Å². The molecule has 0 fully saturated rings. The Bertz CT molecular complexity index is 550. The van der Waals surface area contributed by atoms with Crippen molar-refractivity contribution in [3.05, 3.63) is 35.5 Å². The molecule has 0 amide bonds. The second-order valence-electron chi connectivity index (χ2n) is 3.66. The average molecular weight is 263 g/mol. The number of carboxylic acids is 1. The SMILES string of the molecule is CCOc1ccc(COc2nn[nH]c2C(=O)O)cc1. The van der Waals surface area contributed by atoms with Gasteiger partial charge in [0.25, 0.3) is 5.88 Å². The molecule has 7 nitrogen and oxygen atoms in total. The summed E-state index contributed by atoms with van der Waals surface area (Å²) < 4.78 is 10.6. The summed E-state index contributed by atoms with van der Waals surface area (Å²) in [5.41, 5.74) is 0.716. The molecule has 0 unspecified atom stereocenters. The molecule has 0 bridgehead atoms. The Labute approximate surface area is 109 Å². The second kappa shape index (κ2) is 5.85. The number of rotatable bonds is 6. The lowest BCUT2D eigenvalue weighted by Gasteiger charge is -2.05. The third-order valence-corrected chi connectivity index (χ3v) is 2.34. The van der Waals surface area contributed by atoms with Gasteiger partial charge in [-0.2, -0.15) is 0 Å². The van der Waals surface area contributed by atoms with E-state index in [0.717, 1.165) is 11.3 Å². The molecule has 0 aliphatic rings. The van der Waals surface area contributed by atoms with Crippen molar-refractivity contribution in [2.75, 3.05) is 6.61 Å². The summed E-state index contributed by atoms with van der Waals surface area (Å²) in [7, 11) is 0. The highest BCUT2D eigenvalue weighted by Gasteiger charge is 2.15. The number of H-pyrrole nitrogens is 1. The van der Waals surface area contributed by atoms with Crippen LogP contribution in [0, 0.1) is 0 Å². The van der Waals surface area contributed by atoms with Crippen LogP contribution in [0.1, 0.15) is 23.0 Å². The third kappa shape index (κ3) is 3.21. The van der Waals surface area contributed by atoms with Crippen LogP contribution in [0.2, 0.25) is 0 Å². The largest absolute Gasteiger partial charge is 0.494 e. The Balaban J connectivity index is 1.98. The highest BCUT2D eigenvalue weighted by molar-refractivity contribution is 5.87. The summed E-state index contributed by atoms with van der Waals surface area (Å²) in [4.78, 5) is 10.8. The molecule has 0 saturated carbocycles. The molecule has 100 valence electrons. The first-order chi connectivity index (χ1) is 9.20. The molecule has 1 aromatic heterocycles. The van der Waals surface area contributed by atoms with Gasteiger partial charge < -0.3 is 14.6 Å². The summed E-state index contributed by atoms with van der Waals surface area (Å²) in [6.45, 7) is 2.73. The molecule has 2 N–H and O–H groups in total. The van der Waals surface area contributed by atoms with E-state index in [1.165, 1.54) is 0 Å². The fraction of sp³-hybridized carbons (Fsp3) is 0.250. The molecule has 2 aromatic rings. The number of carboxylic acid groups (broad SMARTS) is 1. The molecule has 0 aliphatic heterocycles.